The number of pyridine rings is 1. The molecule has 0 spiro atoms. The fourth-order valence-corrected chi connectivity index (χ4v) is 3.53. The van der Waals surface area contributed by atoms with Crippen LogP contribution in [0.2, 0.25) is 0 Å². The van der Waals surface area contributed by atoms with Gasteiger partial charge in [-0.15, -0.1) is 0 Å². The van der Waals surface area contributed by atoms with Crippen LogP contribution in [0.4, 0.5) is 5.69 Å². The molecular weight excluding hydrogens is 404 g/mol. The van der Waals surface area contributed by atoms with Crippen LogP contribution in [0.25, 0.3) is 11.4 Å². The maximum Gasteiger partial charge on any atom is 0.251 e. The van der Waals surface area contributed by atoms with Crippen molar-refractivity contribution in [2.75, 3.05) is 5.32 Å². The molecular formula is C23H26N8O. The predicted octanol–water partition coefficient (Wildman–Crippen LogP) is 3.24. The molecule has 0 unspecified atom stereocenters. The number of rotatable bonds is 8. The molecule has 0 atom stereocenters. The van der Waals surface area contributed by atoms with Crippen molar-refractivity contribution in [3.8, 4) is 11.4 Å². The zero-order chi connectivity index (χ0) is 22.5. The normalized spacial score (nSPS) is 10.8. The van der Waals surface area contributed by atoms with E-state index in [9.17, 15) is 4.79 Å². The number of amides is 1. The summed E-state index contributed by atoms with van der Waals surface area (Å²) in [5.41, 5.74) is 5.40. The lowest BCUT2D eigenvalue weighted by Crippen LogP contribution is -2.23. The Morgan fingerprint density at radius 1 is 1.12 bits per heavy atom. The number of aryl methyl sites for hydroxylation is 2. The van der Waals surface area contributed by atoms with E-state index in [-0.39, 0.29) is 5.91 Å². The van der Waals surface area contributed by atoms with Gasteiger partial charge in [-0.2, -0.15) is 10.2 Å². The van der Waals surface area contributed by atoms with Crippen LogP contribution in [0, 0.1) is 13.8 Å². The van der Waals surface area contributed by atoms with Gasteiger partial charge < -0.3 is 10.6 Å². The number of carbonyl (C=O) groups is 1. The van der Waals surface area contributed by atoms with Crippen molar-refractivity contribution >= 4 is 11.6 Å². The zero-order valence-electron chi connectivity index (χ0n) is 18.4. The van der Waals surface area contributed by atoms with Crippen molar-refractivity contribution in [1.82, 2.24) is 35.3 Å². The summed E-state index contributed by atoms with van der Waals surface area (Å²) in [5, 5.41) is 18.0. The second-order valence-electron chi connectivity index (χ2n) is 7.42. The van der Waals surface area contributed by atoms with Crippen LogP contribution >= 0.6 is 0 Å². The Hall–Kier alpha value is -4.01. The highest BCUT2D eigenvalue weighted by atomic mass is 16.1. The number of aromatic nitrogens is 6. The lowest BCUT2D eigenvalue weighted by atomic mass is 10.1. The number of hydrogen-bond acceptors (Lipinski definition) is 6. The first-order chi connectivity index (χ1) is 15.5. The highest BCUT2D eigenvalue weighted by Gasteiger charge is 2.13. The van der Waals surface area contributed by atoms with Crippen molar-refractivity contribution in [3.63, 3.8) is 0 Å². The van der Waals surface area contributed by atoms with E-state index < -0.39 is 0 Å². The molecule has 1 amide bonds. The molecule has 9 heteroatoms. The van der Waals surface area contributed by atoms with Crippen LogP contribution in [0.1, 0.15) is 40.1 Å². The summed E-state index contributed by atoms with van der Waals surface area (Å²) in [6.45, 7) is 7.76. The summed E-state index contributed by atoms with van der Waals surface area (Å²) in [7, 11) is 0. The average Bonchev–Trinajstić information content (AvgIpc) is 3.41. The number of benzene rings is 1. The van der Waals surface area contributed by atoms with E-state index in [0.29, 0.717) is 30.3 Å². The van der Waals surface area contributed by atoms with E-state index in [1.807, 2.05) is 48.9 Å². The molecule has 4 rings (SSSR count). The van der Waals surface area contributed by atoms with E-state index in [1.165, 1.54) is 0 Å². The first kappa shape index (κ1) is 21.2. The maximum atomic E-state index is 12.7. The molecule has 3 aromatic heterocycles. The molecule has 0 aliphatic carbocycles. The Kier molecular flexibility index (Phi) is 6.25. The van der Waals surface area contributed by atoms with Gasteiger partial charge in [-0.3, -0.25) is 19.6 Å². The van der Waals surface area contributed by atoms with E-state index in [4.69, 9.17) is 0 Å². The number of nitrogens with zero attached hydrogens (tertiary/aromatic N) is 5. The van der Waals surface area contributed by atoms with Crippen LogP contribution in [-0.4, -0.2) is 35.9 Å². The van der Waals surface area contributed by atoms with E-state index >= 15 is 0 Å². The second kappa shape index (κ2) is 9.42. The van der Waals surface area contributed by atoms with Gasteiger partial charge in [0.2, 0.25) is 0 Å². The largest absolute Gasteiger partial charge is 0.378 e. The standard InChI is InChI=1S/C23H26N8O/c1-4-31-16(3)20(15(2)30-31)13-26-23(32)18-6-5-7-19(12-18)25-14-21-27-22(29-28-21)17-8-10-24-11-9-17/h5-12,25H,4,13-14H2,1-3H3,(H,26,32)(H,27,28,29). The number of aromatic amines is 1. The van der Waals surface area contributed by atoms with E-state index in [1.54, 1.807) is 18.5 Å². The maximum absolute atomic E-state index is 12.7. The second-order valence-corrected chi connectivity index (χ2v) is 7.42. The topological polar surface area (TPSA) is 113 Å². The summed E-state index contributed by atoms with van der Waals surface area (Å²) in [6, 6.07) is 11.1. The number of nitrogens with one attached hydrogen (secondary N) is 3. The minimum atomic E-state index is -0.128. The van der Waals surface area contributed by atoms with Crippen LogP contribution in [0.3, 0.4) is 0 Å². The molecule has 0 bridgehead atoms. The van der Waals surface area contributed by atoms with Crippen molar-refractivity contribution < 1.29 is 4.79 Å². The Balaban J connectivity index is 1.37. The third kappa shape index (κ3) is 4.66. The Bertz CT molecular complexity index is 1210. The lowest BCUT2D eigenvalue weighted by Gasteiger charge is -2.09. The number of carbonyl (C=O) groups excluding carboxylic acids is 1. The first-order valence-corrected chi connectivity index (χ1v) is 10.5. The minimum absolute atomic E-state index is 0.128. The molecule has 3 heterocycles. The number of anilines is 1. The minimum Gasteiger partial charge on any atom is -0.378 e. The number of hydrogen-bond donors (Lipinski definition) is 3. The van der Waals surface area contributed by atoms with Gasteiger partial charge in [-0.1, -0.05) is 6.07 Å². The van der Waals surface area contributed by atoms with Crippen molar-refractivity contribution in [1.29, 1.82) is 0 Å². The zero-order valence-corrected chi connectivity index (χ0v) is 18.4. The third-order valence-electron chi connectivity index (χ3n) is 5.31. The summed E-state index contributed by atoms with van der Waals surface area (Å²) >= 11 is 0. The SMILES string of the molecule is CCn1nc(C)c(CNC(=O)c2cccc(NCc3nc(-c4ccncc4)n[nH]3)c2)c1C. The van der Waals surface area contributed by atoms with Gasteiger partial charge in [0.1, 0.15) is 5.82 Å². The molecule has 0 aliphatic rings. The number of H-pyrrole nitrogens is 1. The average molecular weight is 431 g/mol. The smallest absolute Gasteiger partial charge is 0.251 e. The van der Waals surface area contributed by atoms with Gasteiger partial charge in [0.05, 0.1) is 12.2 Å². The van der Waals surface area contributed by atoms with Crippen LogP contribution < -0.4 is 10.6 Å². The molecule has 1 aromatic carbocycles. The molecule has 0 aliphatic heterocycles. The van der Waals surface area contributed by atoms with Gasteiger partial charge in [0.25, 0.3) is 5.91 Å². The fraction of sp³-hybridized carbons (Fsp3) is 0.261. The van der Waals surface area contributed by atoms with Crippen LogP contribution in [-0.2, 0) is 19.6 Å². The summed E-state index contributed by atoms with van der Waals surface area (Å²) in [6.07, 6.45) is 3.41. The van der Waals surface area contributed by atoms with Gasteiger partial charge in [-0.05, 0) is 51.1 Å². The quantitative estimate of drug-likeness (QED) is 0.395. The highest BCUT2D eigenvalue weighted by molar-refractivity contribution is 5.95. The Morgan fingerprint density at radius 2 is 1.94 bits per heavy atom. The Morgan fingerprint density at radius 3 is 2.69 bits per heavy atom. The van der Waals surface area contributed by atoms with Crippen LogP contribution in [0.15, 0.2) is 48.8 Å². The predicted molar refractivity (Wildman–Crippen MR) is 122 cm³/mol. The van der Waals surface area contributed by atoms with Gasteiger partial charge >= 0.3 is 0 Å². The van der Waals surface area contributed by atoms with E-state index in [2.05, 4.69) is 42.8 Å². The third-order valence-corrected chi connectivity index (χ3v) is 5.31. The monoisotopic (exact) mass is 430 g/mol. The van der Waals surface area contributed by atoms with Gasteiger partial charge in [0, 0.05) is 53.6 Å². The molecule has 9 nitrogen and oxygen atoms in total. The van der Waals surface area contributed by atoms with Gasteiger partial charge in [-0.25, -0.2) is 4.98 Å². The summed E-state index contributed by atoms with van der Waals surface area (Å²) < 4.78 is 1.95. The van der Waals surface area contributed by atoms with Crippen molar-refractivity contribution in [2.24, 2.45) is 0 Å². The fourth-order valence-electron chi connectivity index (χ4n) is 3.53. The van der Waals surface area contributed by atoms with E-state index in [0.717, 1.165) is 34.7 Å². The Labute approximate surface area is 186 Å². The molecule has 164 valence electrons. The van der Waals surface area contributed by atoms with Crippen LogP contribution in [0.5, 0.6) is 0 Å². The summed E-state index contributed by atoms with van der Waals surface area (Å²) in [5.74, 6) is 1.19. The molecule has 32 heavy (non-hydrogen) atoms. The van der Waals surface area contributed by atoms with Crippen molar-refractivity contribution in [2.45, 2.75) is 40.4 Å². The lowest BCUT2D eigenvalue weighted by molar-refractivity contribution is 0.0951. The molecule has 0 saturated carbocycles. The van der Waals surface area contributed by atoms with Gasteiger partial charge in [0.15, 0.2) is 5.82 Å². The molecule has 0 fully saturated rings. The first-order valence-electron chi connectivity index (χ1n) is 10.5. The summed E-state index contributed by atoms with van der Waals surface area (Å²) in [4.78, 5) is 21.2. The molecule has 0 saturated heterocycles. The van der Waals surface area contributed by atoms with Crippen molar-refractivity contribution in [3.05, 3.63) is 77.1 Å². The molecule has 0 radical (unpaired) electrons. The highest BCUT2D eigenvalue weighted by Crippen LogP contribution is 2.16. The molecule has 4 aromatic rings. The molecule has 3 N–H and O–H groups in total.